The molecule has 3 N–H and O–H groups in total. The van der Waals surface area contributed by atoms with E-state index in [1.165, 1.54) is 5.56 Å². The largest absolute Gasteiger partial charge is 0.465 e. The van der Waals surface area contributed by atoms with Crippen molar-refractivity contribution in [3.63, 3.8) is 0 Å². The van der Waals surface area contributed by atoms with Crippen molar-refractivity contribution < 1.29 is 9.53 Å². The van der Waals surface area contributed by atoms with Gasteiger partial charge in [0.25, 0.3) is 0 Å². The van der Waals surface area contributed by atoms with Gasteiger partial charge in [-0.3, -0.25) is 4.98 Å². The summed E-state index contributed by atoms with van der Waals surface area (Å²) in [6.07, 6.45) is 7.58. The van der Waals surface area contributed by atoms with Crippen LogP contribution in [0.15, 0.2) is 72.7 Å². The lowest BCUT2D eigenvalue weighted by atomic mass is 10.1. The molecule has 3 rings (SSSR count). The minimum Gasteiger partial charge on any atom is -0.465 e. The minimum atomic E-state index is -0.301. The number of nitrogens with zero attached hydrogens (tertiary/aromatic N) is 1. The first-order chi connectivity index (χ1) is 12.7. The maximum Gasteiger partial charge on any atom is 0.319 e. The fourth-order valence-corrected chi connectivity index (χ4v) is 2.49. The molecule has 1 aromatic heterocycles. The number of nitrogens with one attached hydrogen (secondary N) is 3. The Bertz CT molecular complexity index is 802. The number of pyridine rings is 1. The van der Waals surface area contributed by atoms with E-state index in [1.807, 2.05) is 61.5 Å². The Labute approximate surface area is 153 Å². The summed E-state index contributed by atoms with van der Waals surface area (Å²) in [4.78, 5) is 16.1. The monoisotopic (exact) mass is 350 g/mol. The number of amides is 2. The summed E-state index contributed by atoms with van der Waals surface area (Å²) in [7, 11) is 0. The first-order valence-electron chi connectivity index (χ1n) is 8.52. The number of rotatable bonds is 6. The molecule has 2 aromatic rings. The van der Waals surface area contributed by atoms with E-state index < -0.39 is 0 Å². The molecule has 6 heteroatoms. The van der Waals surface area contributed by atoms with Crippen molar-refractivity contribution in [1.82, 2.24) is 20.9 Å². The lowest BCUT2D eigenvalue weighted by Gasteiger charge is -2.21. The van der Waals surface area contributed by atoms with Crippen molar-refractivity contribution >= 4 is 6.03 Å². The molecule has 2 heterocycles. The second kappa shape index (κ2) is 8.71. The molecule has 2 amide bonds. The molecule has 6 nitrogen and oxygen atoms in total. The number of aromatic nitrogens is 1. The van der Waals surface area contributed by atoms with Crippen molar-refractivity contribution in [1.29, 1.82) is 0 Å². The lowest BCUT2D eigenvalue weighted by molar-refractivity contribution is 0.223. The Morgan fingerprint density at radius 1 is 1.23 bits per heavy atom. The molecule has 0 spiro atoms. The van der Waals surface area contributed by atoms with Gasteiger partial charge in [0, 0.05) is 18.9 Å². The van der Waals surface area contributed by atoms with Gasteiger partial charge in [0.05, 0.1) is 11.4 Å². The molecule has 1 aliphatic heterocycles. The van der Waals surface area contributed by atoms with E-state index in [0.29, 0.717) is 12.2 Å². The number of allylic oxidation sites excluding steroid dienone is 1. The predicted molar refractivity (Wildman–Crippen MR) is 100 cm³/mol. The van der Waals surface area contributed by atoms with Crippen LogP contribution < -0.4 is 20.7 Å². The smallest absolute Gasteiger partial charge is 0.319 e. The third-order valence-electron chi connectivity index (χ3n) is 3.87. The van der Waals surface area contributed by atoms with Crippen LogP contribution in [0.25, 0.3) is 0 Å². The molecular formula is C20H22N4O2. The van der Waals surface area contributed by atoms with Crippen molar-refractivity contribution in [3.8, 4) is 5.75 Å². The summed E-state index contributed by atoms with van der Waals surface area (Å²) in [5.41, 5.74) is 2.69. The molecule has 0 aliphatic carbocycles. The van der Waals surface area contributed by atoms with Crippen LogP contribution in [0.4, 0.5) is 4.79 Å². The topological polar surface area (TPSA) is 75.3 Å². The van der Waals surface area contributed by atoms with E-state index in [-0.39, 0.29) is 12.3 Å². The average Bonchev–Trinajstić information content (AvgIpc) is 2.66. The van der Waals surface area contributed by atoms with Gasteiger partial charge in [-0.15, -0.1) is 0 Å². The molecule has 134 valence electrons. The van der Waals surface area contributed by atoms with Crippen LogP contribution in [0.1, 0.15) is 11.3 Å². The van der Waals surface area contributed by atoms with Gasteiger partial charge in [-0.25, -0.2) is 4.79 Å². The van der Waals surface area contributed by atoms with Crippen LogP contribution in [0.3, 0.4) is 0 Å². The molecule has 1 atom stereocenters. The minimum absolute atomic E-state index is 0.235. The van der Waals surface area contributed by atoms with E-state index >= 15 is 0 Å². The third-order valence-corrected chi connectivity index (χ3v) is 3.87. The van der Waals surface area contributed by atoms with E-state index in [4.69, 9.17) is 4.74 Å². The Balaban J connectivity index is 1.41. The van der Waals surface area contributed by atoms with Gasteiger partial charge < -0.3 is 20.7 Å². The van der Waals surface area contributed by atoms with Gasteiger partial charge >= 0.3 is 6.03 Å². The highest BCUT2D eigenvalue weighted by Gasteiger charge is 2.12. The molecule has 1 aliphatic rings. The molecule has 0 radical (unpaired) electrons. The Morgan fingerprint density at radius 3 is 2.81 bits per heavy atom. The van der Waals surface area contributed by atoms with Crippen LogP contribution in [-0.2, 0) is 6.42 Å². The molecular weight excluding hydrogens is 328 g/mol. The number of aryl methyl sites for hydroxylation is 1. The van der Waals surface area contributed by atoms with Crippen molar-refractivity contribution in [2.24, 2.45) is 0 Å². The number of carbonyl (C=O) groups excluding carboxylic acids is 1. The number of carbonyl (C=O) groups is 1. The third kappa shape index (κ3) is 5.11. The van der Waals surface area contributed by atoms with Crippen molar-refractivity contribution in [2.45, 2.75) is 19.6 Å². The summed E-state index contributed by atoms with van der Waals surface area (Å²) in [5.74, 6) is 0.720. The van der Waals surface area contributed by atoms with Crippen LogP contribution in [0, 0.1) is 6.92 Å². The second-order valence-electron chi connectivity index (χ2n) is 5.87. The quantitative estimate of drug-likeness (QED) is 0.749. The average molecular weight is 350 g/mol. The highest BCUT2D eigenvalue weighted by atomic mass is 16.5. The fraction of sp³-hybridized carbons (Fsp3) is 0.200. The Kier molecular flexibility index (Phi) is 5.88. The normalized spacial score (nSPS) is 15.6. The number of urea groups is 1. The number of hydrogen-bond acceptors (Lipinski definition) is 4. The number of hydrogen-bond donors (Lipinski definition) is 3. The van der Waals surface area contributed by atoms with Gasteiger partial charge in [-0.1, -0.05) is 30.3 Å². The lowest BCUT2D eigenvalue weighted by Crippen LogP contribution is -2.38. The Hall–Kier alpha value is -3.28. The number of dihydropyridines is 1. The summed E-state index contributed by atoms with van der Waals surface area (Å²) >= 11 is 0. The zero-order valence-corrected chi connectivity index (χ0v) is 14.6. The highest BCUT2D eigenvalue weighted by Crippen LogP contribution is 2.16. The van der Waals surface area contributed by atoms with E-state index in [1.54, 1.807) is 12.4 Å². The molecule has 0 saturated heterocycles. The van der Waals surface area contributed by atoms with E-state index in [9.17, 15) is 4.79 Å². The van der Waals surface area contributed by atoms with Gasteiger partial charge in [-0.2, -0.15) is 0 Å². The zero-order chi connectivity index (χ0) is 18.2. The molecule has 0 saturated carbocycles. The Morgan fingerprint density at radius 2 is 2.08 bits per heavy atom. The highest BCUT2D eigenvalue weighted by molar-refractivity contribution is 5.76. The number of ether oxygens (including phenoxy) is 1. The molecule has 1 aromatic carbocycles. The molecule has 0 bridgehead atoms. The SMILES string of the molecule is Cc1ncccc1OC1C=CC(NC(=O)NCCc2ccccc2)=CN1. The molecule has 26 heavy (non-hydrogen) atoms. The molecule has 0 fully saturated rings. The summed E-state index contributed by atoms with van der Waals surface area (Å²) in [6, 6.07) is 13.5. The zero-order valence-electron chi connectivity index (χ0n) is 14.6. The number of benzene rings is 1. The first kappa shape index (κ1) is 17.5. The molecule has 1 unspecified atom stereocenters. The predicted octanol–water partition coefficient (Wildman–Crippen LogP) is 2.64. The van der Waals surface area contributed by atoms with Crippen LogP contribution in [0.5, 0.6) is 5.75 Å². The fourth-order valence-electron chi connectivity index (χ4n) is 2.49. The summed E-state index contributed by atoms with van der Waals surface area (Å²) in [5, 5.41) is 8.73. The first-order valence-corrected chi connectivity index (χ1v) is 8.52. The van der Waals surface area contributed by atoms with Crippen LogP contribution in [0.2, 0.25) is 0 Å². The van der Waals surface area contributed by atoms with Crippen LogP contribution in [-0.4, -0.2) is 23.8 Å². The van der Waals surface area contributed by atoms with Crippen molar-refractivity contribution in [3.05, 3.63) is 84.0 Å². The van der Waals surface area contributed by atoms with Gasteiger partial charge in [0.2, 0.25) is 0 Å². The van der Waals surface area contributed by atoms with E-state index in [2.05, 4.69) is 20.9 Å². The van der Waals surface area contributed by atoms with Crippen LogP contribution >= 0.6 is 0 Å². The summed E-state index contributed by atoms with van der Waals surface area (Å²) < 4.78 is 5.82. The van der Waals surface area contributed by atoms with Gasteiger partial charge in [0.1, 0.15) is 5.75 Å². The standard InChI is InChI=1S/C20H22N4O2/c1-15-18(8-5-12-21-15)26-19-10-9-17(14-23-19)24-20(25)22-13-11-16-6-3-2-4-7-16/h2-10,12,14,19,23H,11,13H2,1H3,(H2,22,24,25). The van der Waals surface area contributed by atoms with Gasteiger partial charge in [0.15, 0.2) is 6.23 Å². The summed E-state index contributed by atoms with van der Waals surface area (Å²) in [6.45, 7) is 2.47. The second-order valence-corrected chi connectivity index (χ2v) is 5.87. The maximum absolute atomic E-state index is 12.0. The van der Waals surface area contributed by atoms with Crippen molar-refractivity contribution in [2.75, 3.05) is 6.54 Å². The van der Waals surface area contributed by atoms with E-state index in [0.717, 1.165) is 17.9 Å². The maximum atomic E-state index is 12.0. The van der Waals surface area contributed by atoms with Gasteiger partial charge in [-0.05, 0) is 43.2 Å².